The summed E-state index contributed by atoms with van der Waals surface area (Å²) < 4.78 is 31.8. The van der Waals surface area contributed by atoms with E-state index in [4.69, 9.17) is 5.73 Å². The second kappa shape index (κ2) is 3.39. The molecule has 1 aliphatic rings. The summed E-state index contributed by atoms with van der Waals surface area (Å²) >= 11 is 0. The van der Waals surface area contributed by atoms with Gasteiger partial charge in [-0.1, -0.05) is 36.4 Å². The Morgan fingerprint density at radius 1 is 1.31 bits per heavy atom. The zero-order valence-corrected chi connectivity index (χ0v) is 9.05. The fourth-order valence-electron chi connectivity index (χ4n) is 1.79. The van der Waals surface area contributed by atoms with E-state index in [-0.39, 0.29) is 5.56 Å². The predicted octanol–water partition coefficient (Wildman–Crippen LogP) is 0.0736. The molecule has 0 radical (unpaired) electrons. The molecule has 1 aliphatic carbocycles. The Labute approximate surface area is 93.0 Å². The molecule has 4 N–H and O–H groups in total. The molecule has 2 rings (SSSR count). The number of hydrogen-bond acceptors (Lipinski definition) is 4. The SMILES string of the molecule is NC1(S(=O)(=O)O)c2ccccc2C=CC1O. The molecule has 5 nitrogen and oxygen atoms in total. The number of rotatable bonds is 1. The summed E-state index contributed by atoms with van der Waals surface area (Å²) in [6, 6.07) is 6.43. The molecule has 1 aromatic carbocycles. The third kappa shape index (κ3) is 1.39. The molecule has 0 amide bonds. The average molecular weight is 241 g/mol. The van der Waals surface area contributed by atoms with E-state index in [1.54, 1.807) is 24.3 Å². The zero-order chi connectivity index (χ0) is 12.0. The van der Waals surface area contributed by atoms with Gasteiger partial charge < -0.3 is 10.8 Å². The summed E-state index contributed by atoms with van der Waals surface area (Å²) in [5.41, 5.74) is 6.40. The standard InChI is InChI=1S/C10H11NO4S/c11-10(16(13,14)15)8-4-2-1-3-7(8)5-6-9(10)12/h1-6,9,12H,11H2,(H,13,14,15). The topological polar surface area (TPSA) is 101 Å². The van der Waals surface area contributed by atoms with Crippen LogP contribution in [-0.4, -0.2) is 24.2 Å². The number of hydrogen-bond donors (Lipinski definition) is 3. The van der Waals surface area contributed by atoms with Gasteiger partial charge in [-0.25, -0.2) is 0 Å². The van der Waals surface area contributed by atoms with Crippen LogP contribution in [0.15, 0.2) is 30.3 Å². The van der Waals surface area contributed by atoms with Gasteiger partial charge in [0.15, 0.2) is 4.87 Å². The Kier molecular flexibility index (Phi) is 2.39. The van der Waals surface area contributed by atoms with Crippen molar-refractivity contribution >= 4 is 16.2 Å². The molecule has 0 bridgehead atoms. The molecule has 0 aromatic heterocycles. The van der Waals surface area contributed by atoms with Crippen molar-refractivity contribution in [3.8, 4) is 0 Å². The maximum absolute atomic E-state index is 11.3. The van der Waals surface area contributed by atoms with E-state index in [0.29, 0.717) is 5.56 Å². The van der Waals surface area contributed by atoms with Crippen molar-refractivity contribution in [2.75, 3.05) is 0 Å². The van der Waals surface area contributed by atoms with Gasteiger partial charge in [-0.05, 0) is 11.1 Å². The monoisotopic (exact) mass is 241 g/mol. The van der Waals surface area contributed by atoms with Crippen LogP contribution in [0, 0.1) is 0 Å². The highest BCUT2D eigenvalue weighted by atomic mass is 32.2. The van der Waals surface area contributed by atoms with Crippen molar-refractivity contribution < 1.29 is 18.1 Å². The Hall–Kier alpha value is -1.21. The summed E-state index contributed by atoms with van der Waals surface area (Å²) in [6.07, 6.45) is 1.34. The Balaban J connectivity index is 2.76. The van der Waals surface area contributed by atoms with E-state index in [2.05, 4.69) is 0 Å². The summed E-state index contributed by atoms with van der Waals surface area (Å²) in [5.74, 6) is 0. The Bertz CT molecular complexity index is 552. The summed E-state index contributed by atoms with van der Waals surface area (Å²) in [5, 5.41) is 9.66. The van der Waals surface area contributed by atoms with Crippen molar-refractivity contribution in [2.45, 2.75) is 11.0 Å². The Morgan fingerprint density at radius 2 is 1.94 bits per heavy atom. The minimum atomic E-state index is -4.61. The maximum Gasteiger partial charge on any atom is 0.291 e. The highest BCUT2D eigenvalue weighted by molar-refractivity contribution is 7.86. The van der Waals surface area contributed by atoms with Crippen LogP contribution in [0.2, 0.25) is 0 Å². The molecule has 86 valence electrons. The number of nitrogens with two attached hydrogens (primary N) is 1. The fourth-order valence-corrected chi connectivity index (χ4v) is 2.63. The van der Waals surface area contributed by atoms with E-state index >= 15 is 0 Å². The van der Waals surface area contributed by atoms with Gasteiger partial charge in [0.2, 0.25) is 0 Å². The first-order valence-electron chi connectivity index (χ1n) is 4.59. The summed E-state index contributed by atoms with van der Waals surface area (Å²) in [4.78, 5) is -2.20. The van der Waals surface area contributed by atoms with Crippen LogP contribution >= 0.6 is 0 Å². The predicted molar refractivity (Wildman–Crippen MR) is 58.9 cm³/mol. The van der Waals surface area contributed by atoms with Crippen molar-refractivity contribution in [1.82, 2.24) is 0 Å². The maximum atomic E-state index is 11.3. The van der Waals surface area contributed by atoms with Crippen molar-refractivity contribution in [1.29, 1.82) is 0 Å². The molecule has 2 atom stereocenters. The summed E-state index contributed by atoms with van der Waals surface area (Å²) in [7, 11) is -4.61. The van der Waals surface area contributed by atoms with Crippen LogP contribution in [0.5, 0.6) is 0 Å². The molecule has 6 heteroatoms. The lowest BCUT2D eigenvalue weighted by atomic mass is 9.91. The van der Waals surface area contributed by atoms with Crippen LogP contribution < -0.4 is 5.73 Å². The van der Waals surface area contributed by atoms with Crippen LogP contribution in [0.1, 0.15) is 11.1 Å². The molecule has 0 fully saturated rings. The quantitative estimate of drug-likeness (QED) is 0.604. The molecule has 0 saturated carbocycles. The van der Waals surface area contributed by atoms with Gasteiger partial charge in [-0.2, -0.15) is 8.42 Å². The van der Waals surface area contributed by atoms with Crippen LogP contribution in [0.25, 0.3) is 6.08 Å². The van der Waals surface area contributed by atoms with E-state index < -0.39 is 21.1 Å². The van der Waals surface area contributed by atoms with Gasteiger partial charge in [-0.15, -0.1) is 0 Å². The normalized spacial score (nSPS) is 28.8. The molecule has 16 heavy (non-hydrogen) atoms. The fraction of sp³-hybridized carbons (Fsp3) is 0.200. The minimum Gasteiger partial charge on any atom is -0.386 e. The lowest BCUT2D eigenvalue weighted by Gasteiger charge is -2.33. The zero-order valence-electron chi connectivity index (χ0n) is 8.24. The van der Waals surface area contributed by atoms with Crippen molar-refractivity contribution in [2.24, 2.45) is 5.73 Å². The third-order valence-electron chi connectivity index (χ3n) is 2.71. The average Bonchev–Trinajstić information content (AvgIpc) is 2.22. The van der Waals surface area contributed by atoms with E-state index in [0.717, 1.165) is 0 Å². The van der Waals surface area contributed by atoms with Gasteiger partial charge in [0, 0.05) is 0 Å². The third-order valence-corrected chi connectivity index (χ3v) is 4.02. The van der Waals surface area contributed by atoms with E-state index in [9.17, 15) is 18.1 Å². The number of benzene rings is 1. The lowest BCUT2D eigenvalue weighted by molar-refractivity contribution is 0.162. The van der Waals surface area contributed by atoms with Crippen LogP contribution in [-0.2, 0) is 15.0 Å². The molecule has 0 aliphatic heterocycles. The van der Waals surface area contributed by atoms with Crippen molar-refractivity contribution in [3.63, 3.8) is 0 Å². The van der Waals surface area contributed by atoms with Gasteiger partial charge in [0.25, 0.3) is 10.1 Å². The smallest absolute Gasteiger partial charge is 0.291 e. The first-order chi connectivity index (χ1) is 7.37. The van der Waals surface area contributed by atoms with Gasteiger partial charge >= 0.3 is 0 Å². The van der Waals surface area contributed by atoms with Gasteiger partial charge in [-0.3, -0.25) is 4.55 Å². The second-order valence-electron chi connectivity index (χ2n) is 3.66. The molecule has 2 unspecified atom stereocenters. The first kappa shape index (κ1) is 11.3. The highest BCUT2D eigenvalue weighted by Crippen LogP contribution is 2.35. The minimum absolute atomic E-state index is 0.188. The second-order valence-corrected chi connectivity index (χ2v) is 5.29. The molecule has 0 heterocycles. The van der Waals surface area contributed by atoms with Crippen LogP contribution in [0.3, 0.4) is 0 Å². The highest BCUT2D eigenvalue weighted by Gasteiger charge is 2.49. The largest absolute Gasteiger partial charge is 0.386 e. The Morgan fingerprint density at radius 3 is 2.56 bits per heavy atom. The van der Waals surface area contributed by atoms with Crippen LogP contribution in [0.4, 0.5) is 0 Å². The molecule has 1 aromatic rings. The van der Waals surface area contributed by atoms with Crippen molar-refractivity contribution in [3.05, 3.63) is 41.5 Å². The van der Waals surface area contributed by atoms with Gasteiger partial charge in [0.05, 0.1) is 0 Å². The number of fused-ring (bicyclic) bond motifs is 1. The van der Waals surface area contributed by atoms with E-state index in [1.165, 1.54) is 12.1 Å². The number of aliphatic hydroxyl groups excluding tert-OH is 1. The number of aliphatic hydroxyl groups is 1. The lowest BCUT2D eigenvalue weighted by Crippen LogP contribution is -2.54. The molecule has 0 spiro atoms. The molecular formula is C10H11NO4S. The first-order valence-corrected chi connectivity index (χ1v) is 6.03. The molecule has 0 saturated heterocycles. The summed E-state index contributed by atoms with van der Waals surface area (Å²) in [6.45, 7) is 0. The molecular weight excluding hydrogens is 230 g/mol. The van der Waals surface area contributed by atoms with Gasteiger partial charge in [0.1, 0.15) is 6.10 Å². The van der Waals surface area contributed by atoms with E-state index in [1.807, 2.05) is 0 Å².